The number of carbonyl (C=O) groups is 1. The van der Waals surface area contributed by atoms with E-state index in [1.165, 1.54) is 0 Å². The molecule has 0 spiro atoms. The van der Waals surface area contributed by atoms with Gasteiger partial charge in [-0.25, -0.2) is 9.97 Å². The lowest BCUT2D eigenvalue weighted by molar-refractivity contribution is -0.118. The molecule has 1 aliphatic rings. The number of carbonyl (C=O) groups excluding carboxylic acids is 1. The Labute approximate surface area is 146 Å². The van der Waals surface area contributed by atoms with E-state index in [1.807, 2.05) is 24.3 Å². The first-order valence-electron chi connectivity index (χ1n) is 8.58. The predicted octanol–water partition coefficient (Wildman–Crippen LogP) is 1.63. The van der Waals surface area contributed by atoms with E-state index in [4.69, 9.17) is 5.11 Å². The molecule has 7 nitrogen and oxygen atoms in total. The first-order chi connectivity index (χ1) is 12.3. The van der Waals surface area contributed by atoms with E-state index in [-0.39, 0.29) is 18.6 Å². The second kappa shape index (κ2) is 8.55. The molecule has 0 aliphatic carbocycles. The largest absolute Gasteiger partial charge is 0.395 e. The number of nitrogens with zero attached hydrogens (tertiary/aromatic N) is 2. The minimum atomic E-state index is -0.0965. The van der Waals surface area contributed by atoms with E-state index in [1.54, 1.807) is 12.4 Å². The Kier molecular flexibility index (Phi) is 5.92. The summed E-state index contributed by atoms with van der Waals surface area (Å²) in [4.78, 5) is 20.7. The Bertz CT molecular complexity index is 682. The highest BCUT2D eigenvalue weighted by Crippen LogP contribution is 2.21. The van der Waals surface area contributed by atoms with E-state index in [2.05, 4.69) is 25.9 Å². The minimum Gasteiger partial charge on any atom is -0.395 e. The zero-order chi connectivity index (χ0) is 17.5. The van der Waals surface area contributed by atoms with Gasteiger partial charge >= 0.3 is 0 Å². The second-order valence-corrected chi connectivity index (χ2v) is 6.01. The third-order valence-electron chi connectivity index (χ3n) is 4.16. The minimum absolute atomic E-state index is 0.0232. The number of piperidine rings is 1. The summed E-state index contributed by atoms with van der Waals surface area (Å²) in [5.41, 5.74) is 2.65. The molecule has 4 N–H and O–H groups in total. The summed E-state index contributed by atoms with van der Waals surface area (Å²) in [7, 11) is 0. The molecule has 1 saturated heterocycles. The highest BCUT2D eigenvalue weighted by Gasteiger charge is 2.20. The lowest BCUT2D eigenvalue weighted by Crippen LogP contribution is -2.43. The fourth-order valence-electron chi connectivity index (χ4n) is 2.79. The number of aliphatic hydroxyl groups excluding tert-OH is 1. The third kappa shape index (κ3) is 4.74. The zero-order valence-electron chi connectivity index (χ0n) is 14.0. The Morgan fingerprint density at radius 3 is 2.56 bits per heavy atom. The molecule has 1 amide bonds. The molecule has 7 heteroatoms. The number of hydrogen-bond donors (Lipinski definition) is 4. The van der Waals surface area contributed by atoms with E-state index in [0.29, 0.717) is 12.5 Å². The van der Waals surface area contributed by atoms with E-state index >= 15 is 0 Å². The van der Waals surface area contributed by atoms with Gasteiger partial charge in [-0.15, -0.1) is 0 Å². The van der Waals surface area contributed by atoms with Crippen LogP contribution in [-0.2, 0) is 4.79 Å². The van der Waals surface area contributed by atoms with Crippen LogP contribution in [0.15, 0.2) is 36.7 Å². The molecular weight excluding hydrogens is 318 g/mol. The van der Waals surface area contributed by atoms with Crippen LogP contribution < -0.4 is 16.0 Å². The Morgan fingerprint density at radius 2 is 1.92 bits per heavy atom. The number of rotatable bonds is 6. The van der Waals surface area contributed by atoms with Gasteiger partial charge in [-0.1, -0.05) is 18.6 Å². The van der Waals surface area contributed by atoms with Crippen molar-refractivity contribution in [2.45, 2.75) is 25.3 Å². The highest BCUT2D eigenvalue weighted by molar-refractivity contribution is 5.95. The van der Waals surface area contributed by atoms with Gasteiger partial charge in [0.2, 0.25) is 11.9 Å². The van der Waals surface area contributed by atoms with Gasteiger partial charge in [-0.05, 0) is 37.1 Å². The van der Waals surface area contributed by atoms with Crippen LogP contribution >= 0.6 is 0 Å². The molecule has 1 aromatic heterocycles. The SMILES string of the molecule is O=C(Nc1ccc(-c2cnc(NCCO)nc2)cc1)[C@@H]1CCCCN1. The summed E-state index contributed by atoms with van der Waals surface area (Å²) < 4.78 is 0. The number of hydrogen-bond acceptors (Lipinski definition) is 6. The van der Waals surface area contributed by atoms with Gasteiger partial charge in [-0.2, -0.15) is 0 Å². The summed E-state index contributed by atoms with van der Waals surface area (Å²) >= 11 is 0. The van der Waals surface area contributed by atoms with Crippen LogP contribution in [0, 0.1) is 0 Å². The predicted molar refractivity (Wildman–Crippen MR) is 97.3 cm³/mol. The molecule has 1 fully saturated rings. The van der Waals surface area contributed by atoms with Crippen LogP contribution in [0.2, 0.25) is 0 Å². The van der Waals surface area contributed by atoms with E-state index < -0.39 is 0 Å². The summed E-state index contributed by atoms with van der Waals surface area (Å²) in [6, 6.07) is 7.54. The van der Waals surface area contributed by atoms with Gasteiger partial charge in [0.05, 0.1) is 12.6 Å². The number of benzene rings is 1. The van der Waals surface area contributed by atoms with Crippen molar-refractivity contribution in [1.29, 1.82) is 0 Å². The average molecular weight is 341 g/mol. The van der Waals surface area contributed by atoms with Crippen LogP contribution in [0.3, 0.4) is 0 Å². The van der Waals surface area contributed by atoms with Gasteiger partial charge in [0.15, 0.2) is 0 Å². The summed E-state index contributed by atoms with van der Waals surface area (Å²) in [5.74, 6) is 0.511. The smallest absolute Gasteiger partial charge is 0.241 e. The van der Waals surface area contributed by atoms with Crippen molar-refractivity contribution in [3.63, 3.8) is 0 Å². The van der Waals surface area contributed by atoms with Crippen LogP contribution in [0.4, 0.5) is 11.6 Å². The van der Waals surface area contributed by atoms with Crippen molar-refractivity contribution >= 4 is 17.5 Å². The summed E-state index contributed by atoms with van der Waals surface area (Å²) in [5, 5.41) is 17.9. The molecule has 0 bridgehead atoms. The fourth-order valence-corrected chi connectivity index (χ4v) is 2.79. The van der Waals surface area contributed by atoms with Gasteiger partial charge < -0.3 is 21.1 Å². The molecule has 1 aliphatic heterocycles. The lowest BCUT2D eigenvalue weighted by Gasteiger charge is -2.22. The Balaban J connectivity index is 1.60. The maximum Gasteiger partial charge on any atom is 0.241 e. The molecule has 0 radical (unpaired) electrons. The maximum absolute atomic E-state index is 12.2. The Hall–Kier alpha value is -2.51. The van der Waals surface area contributed by atoms with Crippen molar-refractivity contribution in [3.8, 4) is 11.1 Å². The molecule has 2 aromatic rings. The van der Waals surface area contributed by atoms with Crippen LogP contribution in [-0.4, -0.2) is 46.7 Å². The fraction of sp³-hybridized carbons (Fsp3) is 0.389. The molecule has 2 heterocycles. The topological polar surface area (TPSA) is 99.2 Å². The number of aliphatic hydroxyl groups is 1. The average Bonchev–Trinajstić information content (AvgIpc) is 2.68. The number of aromatic nitrogens is 2. The number of anilines is 2. The van der Waals surface area contributed by atoms with Crippen LogP contribution in [0.25, 0.3) is 11.1 Å². The van der Waals surface area contributed by atoms with Gasteiger partial charge in [0, 0.05) is 30.2 Å². The third-order valence-corrected chi connectivity index (χ3v) is 4.16. The quantitative estimate of drug-likeness (QED) is 0.637. The maximum atomic E-state index is 12.2. The zero-order valence-corrected chi connectivity index (χ0v) is 14.0. The highest BCUT2D eigenvalue weighted by atomic mass is 16.3. The second-order valence-electron chi connectivity index (χ2n) is 6.01. The summed E-state index contributed by atoms with van der Waals surface area (Å²) in [6.45, 7) is 1.36. The van der Waals surface area contributed by atoms with Crippen molar-refractivity contribution < 1.29 is 9.90 Å². The van der Waals surface area contributed by atoms with Crippen molar-refractivity contribution in [2.24, 2.45) is 0 Å². The number of amides is 1. The molecule has 1 aromatic carbocycles. The molecular formula is C18H23N5O2. The Morgan fingerprint density at radius 1 is 1.16 bits per heavy atom. The molecule has 1 atom stereocenters. The van der Waals surface area contributed by atoms with Crippen molar-refractivity contribution in [3.05, 3.63) is 36.7 Å². The normalized spacial score (nSPS) is 17.1. The van der Waals surface area contributed by atoms with Gasteiger partial charge in [0.1, 0.15) is 0 Å². The molecule has 3 rings (SSSR count). The van der Waals surface area contributed by atoms with E-state index in [9.17, 15) is 4.79 Å². The first-order valence-corrected chi connectivity index (χ1v) is 8.58. The molecule has 132 valence electrons. The first kappa shape index (κ1) is 17.3. The monoisotopic (exact) mass is 341 g/mol. The van der Waals surface area contributed by atoms with Crippen LogP contribution in [0.1, 0.15) is 19.3 Å². The van der Waals surface area contributed by atoms with Crippen molar-refractivity contribution in [1.82, 2.24) is 15.3 Å². The van der Waals surface area contributed by atoms with Gasteiger partial charge in [0.25, 0.3) is 0 Å². The molecule has 0 saturated carbocycles. The molecule has 0 unspecified atom stereocenters. The summed E-state index contributed by atoms with van der Waals surface area (Å²) in [6.07, 6.45) is 6.57. The lowest BCUT2D eigenvalue weighted by atomic mass is 10.0. The number of nitrogens with one attached hydrogen (secondary N) is 3. The van der Waals surface area contributed by atoms with Gasteiger partial charge in [-0.3, -0.25) is 4.79 Å². The molecule has 25 heavy (non-hydrogen) atoms. The van der Waals surface area contributed by atoms with Crippen LogP contribution in [0.5, 0.6) is 0 Å². The van der Waals surface area contributed by atoms with E-state index in [0.717, 1.165) is 42.6 Å². The van der Waals surface area contributed by atoms with Crippen molar-refractivity contribution in [2.75, 3.05) is 30.3 Å². The standard InChI is InChI=1S/C18H23N5O2/c24-10-9-20-18-21-11-14(12-22-18)13-4-6-15(7-5-13)23-17(25)16-3-1-2-8-19-16/h4-7,11-12,16,19,24H,1-3,8-10H2,(H,23,25)(H,20,21,22)/t16-/m0/s1.